The number of ether oxygens (including phenoxy) is 1. The number of pyridine rings is 2. The summed E-state index contributed by atoms with van der Waals surface area (Å²) in [6, 6.07) is 10.4. The van der Waals surface area contributed by atoms with Crippen LogP contribution in [-0.4, -0.2) is 31.0 Å². The van der Waals surface area contributed by atoms with Gasteiger partial charge in [0.1, 0.15) is 5.69 Å². The molecule has 0 aliphatic heterocycles. The highest BCUT2D eigenvalue weighted by Gasteiger charge is 2.18. The van der Waals surface area contributed by atoms with E-state index in [1.807, 2.05) is 0 Å². The van der Waals surface area contributed by atoms with Crippen molar-refractivity contribution >= 4 is 21.7 Å². The predicted molar refractivity (Wildman–Crippen MR) is 101 cm³/mol. The molecule has 7 nitrogen and oxygen atoms in total. The molecule has 0 fully saturated rings. The molecule has 0 atom stereocenters. The molecule has 0 spiro atoms. The molecule has 3 rings (SSSR count). The van der Waals surface area contributed by atoms with Gasteiger partial charge in [0.05, 0.1) is 17.1 Å². The van der Waals surface area contributed by atoms with E-state index in [2.05, 4.69) is 14.7 Å². The fraction of sp³-hybridized carbons (Fsp3) is 0.105. The second-order valence-electron chi connectivity index (χ2n) is 5.66. The van der Waals surface area contributed by atoms with Crippen LogP contribution in [0.15, 0.2) is 66.0 Å². The quantitative estimate of drug-likeness (QED) is 0.503. The van der Waals surface area contributed by atoms with Gasteiger partial charge < -0.3 is 4.74 Å². The van der Waals surface area contributed by atoms with Crippen LogP contribution < -0.4 is 4.72 Å². The number of hydrogen-bond donors (Lipinski definition) is 1. The first-order chi connectivity index (χ1) is 13.4. The number of aromatic nitrogens is 2. The number of sulfonamides is 1. The molecule has 9 heteroatoms. The minimum Gasteiger partial charge on any atom is -0.462 e. The summed E-state index contributed by atoms with van der Waals surface area (Å²) in [6.07, 6.45) is 4.02. The summed E-state index contributed by atoms with van der Waals surface area (Å²) in [6.45, 7) is 1.90. The topological polar surface area (TPSA) is 98.2 Å². The van der Waals surface area contributed by atoms with Crippen molar-refractivity contribution in [2.75, 3.05) is 11.3 Å². The Balaban J connectivity index is 1.94. The van der Waals surface area contributed by atoms with Crippen molar-refractivity contribution < 1.29 is 22.3 Å². The van der Waals surface area contributed by atoms with Gasteiger partial charge in [-0.15, -0.1) is 0 Å². The zero-order valence-electron chi connectivity index (χ0n) is 14.8. The number of halogens is 1. The predicted octanol–water partition coefficient (Wildman–Crippen LogP) is 3.26. The first-order valence-corrected chi connectivity index (χ1v) is 9.75. The van der Waals surface area contributed by atoms with E-state index >= 15 is 0 Å². The van der Waals surface area contributed by atoms with Crippen LogP contribution in [0.2, 0.25) is 0 Å². The van der Waals surface area contributed by atoms with Gasteiger partial charge in [-0.3, -0.25) is 9.71 Å². The third kappa shape index (κ3) is 4.32. The lowest BCUT2D eigenvalue weighted by molar-refractivity contribution is 0.0526. The molecule has 0 bridgehead atoms. The molecule has 3 aromatic rings. The van der Waals surface area contributed by atoms with Crippen LogP contribution in [0.5, 0.6) is 0 Å². The molecule has 0 amide bonds. The van der Waals surface area contributed by atoms with Crippen LogP contribution in [0.4, 0.5) is 10.1 Å². The Morgan fingerprint density at radius 2 is 1.82 bits per heavy atom. The van der Waals surface area contributed by atoms with Gasteiger partial charge in [0, 0.05) is 29.7 Å². The molecule has 28 heavy (non-hydrogen) atoms. The summed E-state index contributed by atoms with van der Waals surface area (Å²) in [5, 5.41) is 0. The minimum atomic E-state index is -3.98. The summed E-state index contributed by atoms with van der Waals surface area (Å²) in [4.78, 5) is 19.4. The van der Waals surface area contributed by atoms with Crippen LogP contribution in [0, 0.1) is 5.95 Å². The standard InChI is InChI=1S/C19H16FN3O4S/c1-2-27-19(24)15-8-13(10-21-11-15)14-9-17(18(20)22-12-14)23-28(25,26)16-6-4-3-5-7-16/h3-12,23H,2H2,1H3. The van der Waals surface area contributed by atoms with Crippen molar-refractivity contribution in [1.82, 2.24) is 9.97 Å². The Hall–Kier alpha value is -3.33. The molecule has 0 radical (unpaired) electrons. The van der Waals surface area contributed by atoms with Gasteiger partial charge in [0.2, 0.25) is 5.95 Å². The Labute approximate surface area is 161 Å². The molecule has 0 aliphatic carbocycles. The average molecular weight is 401 g/mol. The first-order valence-electron chi connectivity index (χ1n) is 8.26. The summed E-state index contributed by atoms with van der Waals surface area (Å²) in [5.74, 6) is -1.52. The van der Waals surface area contributed by atoms with E-state index in [4.69, 9.17) is 4.74 Å². The van der Waals surface area contributed by atoms with E-state index in [1.165, 1.54) is 42.9 Å². The van der Waals surface area contributed by atoms with Crippen molar-refractivity contribution in [3.8, 4) is 11.1 Å². The van der Waals surface area contributed by atoms with Crippen LogP contribution in [0.25, 0.3) is 11.1 Å². The summed E-state index contributed by atoms with van der Waals surface area (Å²) in [7, 11) is -3.98. The smallest absolute Gasteiger partial charge is 0.339 e. The third-order valence-electron chi connectivity index (χ3n) is 3.72. The summed E-state index contributed by atoms with van der Waals surface area (Å²) >= 11 is 0. The number of benzene rings is 1. The zero-order chi connectivity index (χ0) is 20.1. The Morgan fingerprint density at radius 3 is 2.54 bits per heavy atom. The molecular formula is C19H16FN3O4S. The fourth-order valence-electron chi connectivity index (χ4n) is 2.40. The van der Waals surface area contributed by atoms with Gasteiger partial charge in [-0.25, -0.2) is 18.2 Å². The lowest BCUT2D eigenvalue weighted by atomic mass is 10.1. The SMILES string of the molecule is CCOC(=O)c1cncc(-c2cnc(F)c(NS(=O)(=O)c3ccccc3)c2)c1. The summed E-state index contributed by atoms with van der Waals surface area (Å²) < 4.78 is 46.1. The van der Waals surface area contributed by atoms with Gasteiger partial charge in [-0.1, -0.05) is 18.2 Å². The highest BCUT2D eigenvalue weighted by Crippen LogP contribution is 2.25. The molecule has 0 unspecified atom stereocenters. The summed E-state index contributed by atoms with van der Waals surface area (Å²) in [5.41, 5.74) is 0.738. The average Bonchev–Trinajstić information content (AvgIpc) is 2.70. The van der Waals surface area contributed by atoms with Crippen LogP contribution in [0.3, 0.4) is 0 Å². The van der Waals surface area contributed by atoms with Crippen molar-refractivity contribution in [3.63, 3.8) is 0 Å². The Kier molecular flexibility index (Phi) is 5.65. The lowest BCUT2D eigenvalue weighted by Gasteiger charge is -2.10. The van der Waals surface area contributed by atoms with Crippen molar-refractivity contribution in [1.29, 1.82) is 0 Å². The number of carbonyl (C=O) groups excluding carboxylic acids is 1. The number of rotatable bonds is 6. The van der Waals surface area contributed by atoms with Gasteiger partial charge in [-0.2, -0.15) is 4.39 Å². The molecular weight excluding hydrogens is 385 g/mol. The van der Waals surface area contributed by atoms with Gasteiger partial charge in [0.25, 0.3) is 10.0 Å². The minimum absolute atomic E-state index is 0.00854. The molecule has 0 saturated heterocycles. The second-order valence-corrected chi connectivity index (χ2v) is 7.35. The second kappa shape index (κ2) is 8.13. The van der Waals surface area contributed by atoms with Crippen molar-refractivity contribution in [2.45, 2.75) is 11.8 Å². The first kappa shape index (κ1) is 19.4. The number of nitrogens with zero attached hydrogens (tertiary/aromatic N) is 2. The lowest BCUT2D eigenvalue weighted by Crippen LogP contribution is -2.14. The molecule has 0 saturated carbocycles. The van der Waals surface area contributed by atoms with Crippen LogP contribution in [-0.2, 0) is 14.8 Å². The van der Waals surface area contributed by atoms with Crippen molar-refractivity contribution in [2.24, 2.45) is 0 Å². The zero-order valence-corrected chi connectivity index (χ0v) is 15.6. The van der Waals surface area contributed by atoms with Gasteiger partial charge >= 0.3 is 5.97 Å². The van der Waals surface area contributed by atoms with E-state index < -0.39 is 21.9 Å². The van der Waals surface area contributed by atoms with E-state index in [0.717, 1.165) is 0 Å². The Bertz CT molecular complexity index is 1110. The maximum atomic E-state index is 14.1. The van der Waals surface area contributed by atoms with Crippen LogP contribution >= 0.6 is 0 Å². The number of esters is 1. The Morgan fingerprint density at radius 1 is 1.11 bits per heavy atom. The highest BCUT2D eigenvalue weighted by atomic mass is 32.2. The third-order valence-corrected chi connectivity index (χ3v) is 5.10. The van der Waals surface area contributed by atoms with Gasteiger partial charge in [0.15, 0.2) is 0 Å². The molecule has 0 aliphatic rings. The monoisotopic (exact) mass is 401 g/mol. The molecule has 144 valence electrons. The number of carbonyl (C=O) groups is 1. The van der Waals surface area contributed by atoms with E-state index in [-0.39, 0.29) is 22.8 Å². The normalized spacial score (nSPS) is 11.1. The molecule has 1 aromatic carbocycles. The van der Waals surface area contributed by atoms with E-state index in [0.29, 0.717) is 11.1 Å². The number of anilines is 1. The van der Waals surface area contributed by atoms with E-state index in [1.54, 1.807) is 25.1 Å². The molecule has 2 aromatic heterocycles. The fourth-order valence-corrected chi connectivity index (χ4v) is 3.47. The number of nitrogens with one attached hydrogen (secondary N) is 1. The van der Waals surface area contributed by atoms with Crippen molar-refractivity contribution in [3.05, 3.63) is 72.6 Å². The molecule has 1 N–H and O–H groups in total. The maximum absolute atomic E-state index is 14.1. The maximum Gasteiger partial charge on any atom is 0.339 e. The largest absolute Gasteiger partial charge is 0.462 e. The highest BCUT2D eigenvalue weighted by molar-refractivity contribution is 7.92. The molecule has 2 heterocycles. The van der Waals surface area contributed by atoms with Gasteiger partial charge in [-0.05, 0) is 31.2 Å². The number of hydrogen-bond acceptors (Lipinski definition) is 6. The van der Waals surface area contributed by atoms with E-state index in [9.17, 15) is 17.6 Å². The van der Waals surface area contributed by atoms with Crippen LogP contribution in [0.1, 0.15) is 17.3 Å².